The van der Waals surface area contributed by atoms with Crippen molar-refractivity contribution >= 4 is 11.6 Å². The number of hydrogen-bond acceptors (Lipinski definition) is 3. The molecule has 1 fully saturated rings. The zero-order chi connectivity index (χ0) is 15.7. The van der Waals surface area contributed by atoms with E-state index < -0.39 is 5.97 Å². The van der Waals surface area contributed by atoms with Crippen LogP contribution in [0.3, 0.4) is 0 Å². The summed E-state index contributed by atoms with van der Waals surface area (Å²) in [6.45, 7) is 5.67. The highest BCUT2D eigenvalue weighted by atomic mass is 16.4. The first kappa shape index (κ1) is 15.0. The molecule has 22 heavy (non-hydrogen) atoms. The van der Waals surface area contributed by atoms with Crippen LogP contribution >= 0.6 is 0 Å². The van der Waals surface area contributed by atoms with Gasteiger partial charge < -0.3 is 9.51 Å². The van der Waals surface area contributed by atoms with Crippen LogP contribution in [-0.4, -0.2) is 44.0 Å². The molecule has 1 atom stereocenters. The van der Waals surface area contributed by atoms with Crippen LogP contribution in [-0.2, 0) is 6.42 Å². The zero-order valence-corrected chi connectivity index (χ0v) is 13.2. The lowest BCUT2D eigenvalue weighted by Gasteiger charge is -2.38. The SMILES string of the molecule is CC(C)N1CCCCC1Cc1cn2ccc(C(=O)O)cc2n1. The molecule has 0 aliphatic carbocycles. The Morgan fingerprint density at radius 2 is 2.27 bits per heavy atom. The molecule has 3 heterocycles. The third kappa shape index (κ3) is 2.99. The van der Waals surface area contributed by atoms with Crippen LogP contribution in [0, 0.1) is 0 Å². The normalized spacial score (nSPS) is 19.9. The summed E-state index contributed by atoms with van der Waals surface area (Å²) < 4.78 is 1.91. The van der Waals surface area contributed by atoms with Crippen molar-refractivity contribution in [1.29, 1.82) is 0 Å². The molecule has 0 amide bonds. The highest BCUT2D eigenvalue weighted by Crippen LogP contribution is 2.23. The van der Waals surface area contributed by atoms with Gasteiger partial charge in [0.05, 0.1) is 11.3 Å². The lowest BCUT2D eigenvalue weighted by Crippen LogP contribution is -2.45. The van der Waals surface area contributed by atoms with E-state index in [0.29, 0.717) is 17.7 Å². The van der Waals surface area contributed by atoms with E-state index in [-0.39, 0.29) is 5.56 Å². The highest BCUT2D eigenvalue weighted by Gasteiger charge is 2.25. The van der Waals surface area contributed by atoms with E-state index in [9.17, 15) is 4.79 Å². The van der Waals surface area contributed by atoms with Crippen molar-refractivity contribution in [3.05, 3.63) is 35.8 Å². The number of aromatic nitrogens is 2. The zero-order valence-electron chi connectivity index (χ0n) is 13.2. The average molecular weight is 301 g/mol. The van der Waals surface area contributed by atoms with Gasteiger partial charge in [0.1, 0.15) is 5.65 Å². The Kier molecular flexibility index (Phi) is 4.16. The first-order chi connectivity index (χ1) is 10.5. The molecule has 5 heteroatoms. The number of pyridine rings is 1. The fourth-order valence-electron chi connectivity index (χ4n) is 3.43. The summed E-state index contributed by atoms with van der Waals surface area (Å²) in [6.07, 6.45) is 8.51. The van der Waals surface area contributed by atoms with Crippen LogP contribution < -0.4 is 0 Å². The molecule has 5 nitrogen and oxygen atoms in total. The lowest BCUT2D eigenvalue weighted by atomic mass is 9.97. The summed E-state index contributed by atoms with van der Waals surface area (Å²) in [7, 11) is 0. The van der Waals surface area contributed by atoms with Crippen molar-refractivity contribution in [2.45, 2.75) is 51.6 Å². The van der Waals surface area contributed by atoms with Gasteiger partial charge in [-0.05, 0) is 45.4 Å². The summed E-state index contributed by atoms with van der Waals surface area (Å²) in [6, 6.07) is 4.34. The first-order valence-corrected chi connectivity index (χ1v) is 8.01. The minimum Gasteiger partial charge on any atom is -0.478 e. The predicted molar refractivity (Wildman–Crippen MR) is 85.3 cm³/mol. The second-order valence-electron chi connectivity index (χ2n) is 6.40. The number of nitrogens with zero attached hydrogens (tertiary/aromatic N) is 3. The van der Waals surface area contributed by atoms with Crippen LogP contribution in [0.1, 0.15) is 49.2 Å². The number of piperidine rings is 1. The number of fused-ring (bicyclic) bond motifs is 1. The molecule has 1 saturated heterocycles. The predicted octanol–water partition coefficient (Wildman–Crippen LogP) is 2.84. The van der Waals surface area contributed by atoms with E-state index >= 15 is 0 Å². The molecule has 1 aliphatic heterocycles. The molecule has 0 spiro atoms. The largest absolute Gasteiger partial charge is 0.478 e. The molecular weight excluding hydrogens is 278 g/mol. The van der Waals surface area contributed by atoms with Gasteiger partial charge in [0.2, 0.25) is 0 Å². The van der Waals surface area contributed by atoms with Crippen molar-refractivity contribution in [1.82, 2.24) is 14.3 Å². The number of likely N-dealkylation sites (tertiary alicyclic amines) is 1. The van der Waals surface area contributed by atoms with Crippen molar-refractivity contribution < 1.29 is 9.90 Å². The van der Waals surface area contributed by atoms with E-state index in [1.807, 2.05) is 10.6 Å². The van der Waals surface area contributed by atoms with Gasteiger partial charge in [-0.15, -0.1) is 0 Å². The molecule has 0 saturated carbocycles. The summed E-state index contributed by atoms with van der Waals surface area (Å²) in [4.78, 5) is 18.2. The molecule has 0 aromatic carbocycles. The second kappa shape index (κ2) is 6.08. The van der Waals surface area contributed by atoms with Crippen molar-refractivity contribution in [2.75, 3.05) is 6.54 Å². The minimum atomic E-state index is -0.912. The molecule has 118 valence electrons. The first-order valence-electron chi connectivity index (χ1n) is 8.01. The smallest absolute Gasteiger partial charge is 0.335 e. The molecule has 1 unspecified atom stereocenters. The molecule has 0 bridgehead atoms. The molecule has 1 aliphatic rings. The summed E-state index contributed by atoms with van der Waals surface area (Å²) >= 11 is 0. The fraction of sp³-hybridized carbons (Fsp3) is 0.529. The van der Waals surface area contributed by atoms with Gasteiger partial charge in [0.15, 0.2) is 0 Å². The Hall–Kier alpha value is -1.88. The van der Waals surface area contributed by atoms with E-state index in [1.165, 1.54) is 25.8 Å². The van der Waals surface area contributed by atoms with Crippen LogP contribution in [0.2, 0.25) is 0 Å². The standard InChI is InChI=1S/C17H23N3O2/c1-12(2)20-7-4-3-5-15(20)10-14-11-19-8-6-13(17(21)22)9-16(19)18-14/h6,8-9,11-12,15H,3-5,7,10H2,1-2H3,(H,21,22). The number of carboxylic acid groups (broad SMARTS) is 1. The number of imidazole rings is 1. The Morgan fingerprint density at radius 3 is 3.00 bits per heavy atom. The summed E-state index contributed by atoms with van der Waals surface area (Å²) in [5.41, 5.74) is 2.04. The van der Waals surface area contributed by atoms with E-state index in [2.05, 4.69) is 23.7 Å². The van der Waals surface area contributed by atoms with E-state index in [1.54, 1.807) is 18.3 Å². The molecule has 2 aromatic heterocycles. The van der Waals surface area contributed by atoms with Crippen LogP contribution in [0.15, 0.2) is 24.5 Å². The maximum absolute atomic E-state index is 11.0. The average Bonchev–Trinajstić information content (AvgIpc) is 2.88. The second-order valence-corrected chi connectivity index (χ2v) is 6.40. The van der Waals surface area contributed by atoms with Gasteiger partial charge in [0.25, 0.3) is 0 Å². The summed E-state index contributed by atoms with van der Waals surface area (Å²) in [5, 5.41) is 9.06. The number of carboxylic acids is 1. The Morgan fingerprint density at radius 1 is 1.45 bits per heavy atom. The van der Waals surface area contributed by atoms with Crippen LogP contribution in [0.5, 0.6) is 0 Å². The molecule has 3 rings (SSSR count). The monoisotopic (exact) mass is 301 g/mol. The topological polar surface area (TPSA) is 57.8 Å². The van der Waals surface area contributed by atoms with E-state index in [4.69, 9.17) is 5.11 Å². The van der Waals surface area contributed by atoms with E-state index in [0.717, 1.165) is 12.1 Å². The molecule has 1 N–H and O–H groups in total. The molecule has 0 radical (unpaired) electrons. The molecular formula is C17H23N3O2. The fourth-order valence-corrected chi connectivity index (χ4v) is 3.43. The number of carbonyl (C=O) groups is 1. The van der Waals surface area contributed by atoms with Crippen molar-refractivity contribution in [3.8, 4) is 0 Å². The molecule has 2 aromatic rings. The Bertz CT molecular complexity index is 678. The van der Waals surface area contributed by atoms with Crippen LogP contribution in [0.4, 0.5) is 0 Å². The van der Waals surface area contributed by atoms with Crippen LogP contribution in [0.25, 0.3) is 5.65 Å². The van der Waals surface area contributed by atoms with Gasteiger partial charge in [0, 0.05) is 30.9 Å². The highest BCUT2D eigenvalue weighted by molar-refractivity contribution is 5.88. The number of rotatable bonds is 4. The van der Waals surface area contributed by atoms with Crippen molar-refractivity contribution in [2.24, 2.45) is 0 Å². The van der Waals surface area contributed by atoms with Gasteiger partial charge in [-0.1, -0.05) is 6.42 Å². The van der Waals surface area contributed by atoms with Gasteiger partial charge in [-0.2, -0.15) is 0 Å². The quantitative estimate of drug-likeness (QED) is 0.943. The maximum Gasteiger partial charge on any atom is 0.335 e. The van der Waals surface area contributed by atoms with Crippen molar-refractivity contribution in [3.63, 3.8) is 0 Å². The Balaban J connectivity index is 1.82. The maximum atomic E-state index is 11.0. The lowest BCUT2D eigenvalue weighted by molar-refractivity contribution is 0.0697. The Labute approximate surface area is 130 Å². The number of aromatic carboxylic acids is 1. The summed E-state index contributed by atoms with van der Waals surface area (Å²) in [5.74, 6) is -0.912. The third-order valence-corrected chi connectivity index (χ3v) is 4.54. The third-order valence-electron chi connectivity index (χ3n) is 4.54. The minimum absolute atomic E-state index is 0.283. The van der Waals surface area contributed by atoms with Gasteiger partial charge >= 0.3 is 5.97 Å². The number of hydrogen-bond donors (Lipinski definition) is 1. The van der Waals surface area contributed by atoms with Gasteiger partial charge in [-0.3, -0.25) is 4.90 Å². The van der Waals surface area contributed by atoms with Gasteiger partial charge in [-0.25, -0.2) is 9.78 Å².